The quantitative estimate of drug-likeness (QED) is 0.309. The summed E-state index contributed by atoms with van der Waals surface area (Å²) in [7, 11) is 0. The SMILES string of the molecule is O=C(NCC(F)F)c1ccc(N2CCN(Cc3ccc4c([nH]c(=O)c5ccnn54)c3F)CC2)c(F)n1. The van der Waals surface area contributed by atoms with Crippen LogP contribution < -0.4 is 15.8 Å². The Morgan fingerprint density at radius 1 is 1.06 bits per heavy atom. The van der Waals surface area contributed by atoms with Crippen LogP contribution in [0.3, 0.4) is 0 Å². The molecule has 2 N–H and O–H groups in total. The van der Waals surface area contributed by atoms with Crippen LogP contribution >= 0.6 is 0 Å². The number of hydrogen-bond donors (Lipinski definition) is 2. The number of nitrogens with one attached hydrogen (secondary N) is 2. The van der Waals surface area contributed by atoms with Crippen LogP contribution in [0.15, 0.2) is 41.3 Å². The minimum Gasteiger partial charge on any atom is -0.365 e. The summed E-state index contributed by atoms with van der Waals surface area (Å²) in [4.78, 5) is 34.0. The highest BCUT2D eigenvalue weighted by molar-refractivity contribution is 5.92. The molecule has 3 aromatic heterocycles. The molecule has 0 aliphatic carbocycles. The summed E-state index contributed by atoms with van der Waals surface area (Å²) in [5.41, 5.74) is 0.746. The number of benzene rings is 1. The molecule has 0 radical (unpaired) electrons. The smallest absolute Gasteiger partial charge is 0.274 e. The second-order valence-corrected chi connectivity index (χ2v) is 8.39. The van der Waals surface area contributed by atoms with E-state index in [1.165, 1.54) is 22.8 Å². The number of aromatic amines is 1. The van der Waals surface area contributed by atoms with Gasteiger partial charge in [-0.25, -0.2) is 22.7 Å². The number of amides is 1. The fraction of sp³-hybridized carbons (Fsp3) is 0.304. The fourth-order valence-electron chi connectivity index (χ4n) is 4.31. The Kier molecular flexibility index (Phi) is 6.31. The third-order valence-electron chi connectivity index (χ3n) is 6.13. The number of piperazine rings is 1. The maximum Gasteiger partial charge on any atom is 0.274 e. The van der Waals surface area contributed by atoms with Crippen LogP contribution in [0, 0.1) is 11.8 Å². The third-order valence-corrected chi connectivity index (χ3v) is 6.13. The molecular weight excluding hydrogens is 482 g/mol. The number of halogens is 4. The summed E-state index contributed by atoms with van der Waals surface area (Å²) < 4.78 is 55.8. The van der Waals surface area contributed by atoms with Gasteiger partial charge in [0.05, 0.1) is 23.9 Å². The van der Waals surface area contributed by atoms with E-state index < -0.39 is 36.2 Å². The largest absolute Gasteiger partial charge is 0.365 e. The van der Waals surface area contributed by atoms with Crippen molar-refractivity contribution in [2.24, 2.45) is 0 Å². The van der Waals surface area contributed by atoms with Crippen LogP contribution in [-0.4, -0.2) is 69.5 Å². The van der Waals surface area contributed by atoms with Crippen molar-refractivity contribution in [1.82, 2.24) is 29.8 Å². The molecule has 1 amide bonds. The molecule has 36 heavy (non-hydrogen) atoms. The van der Waals surface area contributed by atoms with Crippen LogP contribution in [0.25, 0.3) is 16.6 Å². The molecule has 188 valence electrons. The van der Waals surface area contributed by atoms with Gasteiger partial charge in [-0.1, -0.05) is 6.07 Å². The van der Waals surface area contributed by atoms with Gasteiger partial charge in [0.1, 0.15) is 16.7 Å². The second kappa shape index (κ2) is 9.57. The lowest BCUT2D eigenvalue weighted by atomic mass is 10.1. The monoisotopic (exact) mass is 503 g/mol. The summed E-state index contributed by atoms with van der Waals surface area (Å²) in [5, 5.41) is 6.08. The van der Waals surface area contributed by atoms with Gasteiger partial charge in [-0.15, -0.1) is 0 Å². The number of rotatable bonds is 6. The number of carbonyl (C=O) groups excluding carboxylic acids is 1. The fourth-order valence-corrected chi connectivity index (χ4v) is 4.31. The number of carbonyl (C=O) groups is 1. The summed E-state index contributed by atoms with van der Waals surface area (Å²) >= 11 is 0. The van der Waals surface area contributed by atoms with E-state index in [9.17, 15) is 22.8 Å². The first-order chi connectivity index (χ1) is 17.3. The summed E-state index contributed by atoms with van der Waals surface area (Å²) in [6, 6.07) is 7.60. The molecule has 1 aliphatic heterocycles. The Labute approximate surface area is 201 Å². The predicted molar refractivity (Wildman–Crippen MR) is 123 cm³/mol. The van der Waals surface area contributed by atoms with Crippen molar-refractivity contribution in [1.29, 1.82) is 0 Å². The van der Waals surface area contributed by atoms with Crippen LogP contribution in [0.4, 0.5) is 23.2 Å². The maximum absolute atomic E-state index is 15.3. The number of alkyl halides is 2. The Morgan fingerprint density at radius 3 is 2.56 bits per heavy atom. The minimum absolute atomic E-state index is 0.0816. The highest BCUT2D eigenvalue weighted by atomic mass is 19.3. The molecule has 4 aromatic rings. The first kappa shape index (κ1) is 23.7. The van der Waals surface area contributed by atoms with Crippen molar-refractivity contribution in [2.45, 2.75) is 13.0 Å². The van der Waals surface area contributed by atoms with Gasteiger partial charge in [-0.05, 0) is 24.3 Å². The van der Waals surface area contributed by atoms with E-state index in [-0.39, 0.29) is 16.9 Å². The molecule has 0 atom stereocenters. The minimum atomic E-state index is -2.72. The topological polar surface area (TPSA) is 98.6 Å². The van der Waals surface area contributed by atoms with Crippen LogP contribution in [0.2, 0.25) is 0 Å². The molecule has 4 heterocycles. The van der Waals surface area contributed by atoms with E-state index in [1.807, 2.05) is 10.2 Å². The maximum atomic E-state index is 15.3. The lowest BCUT2D eigenvalue weighted by Crippen LogP contribution is -2.46. The number of pyridine rings is 1. The summed E-state index contributed by atoms with van der Waals surface area (Å²) in [6.07, 6.45) is -1.24. The van der Waals surface area contributed by atoms with Crippen LogP contribution in [-0.2, 0) is 6.54 Å². The van der Waals surface area contributed by atoms with Crippen molar-refractivity contribution >= 4 is 28.1 Å². The van der Waals surface area contributed by atoms with Gasteiger partial charge in [0, 0.05) is 38.3 Å². The summed E-state index contributed by atoms with van der Waals surface area (Å²) in [5.74, 6) is -2.28. The standard InChI is InChI=1S/C23H21F4N7O2/c24-18(25)11-28-22(35)14-2-4-16(21(27)30-14)33-9-7-32(8-10-33)12-13-1-3-15-20(19(13)26)31-23(36)17-5-6-29-34(15)17/h1-6,18H,7-12H2,(H,28,35)(H,31,36). The number of H-pyrrole nitrogens is 1. The predicted octanol–water partition coefficient (Wildman–Crippen LogP) is 2.17. The first-order valence-electron chi connectivity index (χ1n) is 11.2. The highest BCUT2D eigenvalue weighted by Gasteiger charge is 2.23. The molecule has 1 aliphatic rings. The van der Waals surface area contributed by atoms with Gasteiger partial charge in [0.2, 0.25) is 5.95 Å². The first-order valence-corrected chi connectivity index (χ1v) is 11.2. The Hall–Kier alpha value is -4.00. The van der Waals surface area contributed by atoms with Crippen molar-refractivity contribution in [3.05, 3.63) is 69.9 Å². The second-order valence-electron chi connectivity index (χ2n) is 8.39. The van der Waals surface area contributed by atoms with E-state index in [0.717, 1.165) is 0 Å². The number of aromatic nitrogens is 4. The van der Waals surface area contributed by atoms with E-state index in [1.54, 1.807) is 23.1 Å². The molecule has 1 fully saturated rings. The molecule has 0 saturated carbocycles. The molecule has 0 spiro atoms. The normalized spacial score (nSPS) is 14.8. The van der Waals surface area contributed by atoms with Crippen molar-refractivity contribution in [3.63, 3.8) is 0 Å². The molecule has 1 saturated heterocycles. The van der Waals surface area contributed by atoms with E-state index in [2.05, 4.69) is 15.1 Å². The van der Waals surface area contributed by atoms with Crippen molar-refractivity contribution in [2.75, 3.05) is 37.6 Å². The van der Waals surface area contributed by atoms with Gasteiger partial charge < -0.3 is 15.2 Å². The number of anilines is 1. The van der Waals surface area contributed by atoms with E-state index in [0.29, 0.717) is 49.3 Å². The Morgan fingerprint density at radius 2 is 1.83 bits per heavy atom. The molecule has 0 unspecified atom stereocenters. The zero-order valence-corrected chi connectivity index (χ0v) is 18.8. The van der Waals surface area contributed by atoms with Crippen molar-refractivity contribution in [3.8, 4) is 0 Å². The van der Waals surface area contributed by atoms with Gasteiger partial charge in [-0.2, -0.15) is 9.49 Å². The lowest BCUT2D eigenvalue weighted by Gasteiger charge is -2.36. The number of hydrogen-bond acceptors (Lipinski definition) is 6. The summed E-state index contributed by atoms with van der Waals surface area (Å²) in [6.45, 7) is 1.31. The van der Waals surface area contributed by atoms with Crippen molar-refractivity contribution < 1.29 is 22.4 Å². The molecule has 5 rings (SSSR count). The van der Waals surface area contributed by atoms with Crippen LogP contribution in [0.5, 0.6) is 0 Å². The molecular formula is C23H21F4N7O2. The van der Waals surface area contributed by atoms with Gasteiger partial charge in [0.15, 0.2) is 5.82 Å². The van der Waals surface area contributed by atoms with E-state index >= 15 is 4.39 Å². The molecule has 1 aromatic carbocycles. The lowest BCUT2D eigenvalue weighted by molar-refractivity contribution is 0.0886. The number of nitrogens with zero attached hydrogens (tertiary/aromatic N) is 5. The molecule has 0 bridgehead atoms. The molecule has 9 nitrogen and oxygen atoms in total. The third kappa shape index (κ3) is 4.49. The van der Waals surface area contributed by atoms with Gasteiger partial charge in [0.25, 0.3) is 17.9 Å². The van der Waals surface area contributed by atoms with Gasteiger partial charge >= 0.3 is 0 Å². The Balaban J connectivity index is 1.26. The molecule has 13 heteroatoms. The van der Waals surface area contributed by atoms with E-state index in [4.69, 9.17) is 0 Å². The van der Waals surface area contributed by atoms with Crippen LogP contribution in [0.1, 0.15) is 16.1 Å². The average molecular weight is 503 g/mol. The zero-order chi connectivity index (χ0) is 25.4. The van der Waals surface area contributed by atoms with Gasteiger partial charge in [-0.3, -0.25) is 14.5 Å². The Bertz CT molecular complexity index is 1500. The highest BCUT2D eigenvalue weighted by Crippen LogP contribution is 2.23. The average Bonchev–Trinajstić information content (AvgIpc) is 3.36. The number of fused-ring (bicyclic) bond motifs is 3. The zero-order valence-electron chi connectivity index (χ0n) is 18.8.